The Labute approximate surface area is 133 Å². The number of aromatic nitrogens is 5. The number of aromatic amines is 1. The van der Waals surface area contributed by atoms with E-state index >= 15 is 0 Å². The van der Waals surface area contributed by atoms with Gasteiger partial charge in [-0.2, -0.15) is 4.98 Å². The molecule has 8 nitrogen and oxygen atoms in total. The third-order valence-electron chi connectivity index (χ3n) is 3.38. The molecule has 0 saturated carbocycles. The number of carboxylic acid groups (broad SMARTS) is 1. The lowest BCUT2D eigenvalue weighted by molar-refractivity contribution is -0.136. The Morgan fingerprint density at radius 3 is 3.09 bits per heavy atom. The molecule has 0 amide bonds. The van der Waals surface area contributed by atoms with E-state index < -0.39 is 5.97 Å². The fourth-order valence-corrected chi connectivity index (χ4v) is 2.98. The van der Waals surface area contributed by atoms with Crippen molar-refractivity contribution in [3.8, 4) is 10.6 Å². The van der Waals surface area contributed by atoms with Crippen LogP contribution in [0.3, 0.4) is 0 Å². The Balaban J connectivity index is 1.66. The molecule has 0 aliphatic heterocycles. The molecule has 0 radical (unpaired) electrons. The number of fused-ring (bicyclic) bond motifs is 3. The Morgan fingerprint density at radius 2 is 2.30 bits per heavy atom. The van der Waals surface area contributed by atoms with Crippen LogP contribution in [0.5, 0.6) is 0 Å². The minimum atomic E-state index is -0.853. The van der Waals surface area contributed by atoms with Crippen LogP contribution >= 0.6 is 11.3 Å². The summed E-state index contributed by atoms with van der Waals surface area (Å²) < 4.78 is 1.77. The number of rotatable bonds is 5. The first kappa shape index (κ1) is 13.7. The van der Waals surface area contributed by atoms with Gasteiger partial charge in [0, 0.05) is 23.7 Å². The highest BCUT2D eigenvalue weighted by Gasteiger charge is 2.11. The zero-order valence-electron chi connectivity index (χ0n) is 11.9. The van der Waals surface area contributed by atoms with Crippen molar-refractivity contribution in [2.45, 2.75) is 6.42 Å². The van der Waals surface area contributed by atoms with Crippen LogP contribution in [0.2, 0.25) is 0 Å². The molecule has 4 aromatic rings. The van der Waals surface area contributed by atoms with Crippen LogP contribution in [-0.2, 0) is 4.79 Å². The zero-order chi connectivity index (χ0) is 15.8. The van der Waals surface area contributed by atoms with E-state index in [1.807, 2.05) is 23.6 Å². The number of hydrogen-bond acceptors (Lipinski definition) is 6. The minimum Gasteiger partial charge on any atom is -0.481 e. The van der Waals surface area contributed by atoms with Crippen molar-refractivity contribution in [1.82, 2.24) is 24.6 Å². The van der Waals surface area contributed by atoms with Gasteiger partial charge in [0.25, 0.3) is 5.78 Å². The maximum atomic E-state index is 10.5. The number of carbonyl (C=O) groups is 1. The van der Waals surface area contributed by atoms with Crippen LogP contribution in [-0.4, -0.2) is 42.2 Å². The number of aliphatic carboxylic acids is 1. The maximum absolute atomic E-state index is 10.5. The molecule has 9 heteroatoms. The molecule has 116 valence electrons. The quantitative estimate of drug-likeness (QED) is 0.518. The third kappa shape index (κ3) is 2.50. The van der Waals surface area contributed by atoms with Gasteiger partial charge in [0.1, 0.15) is 5.01 Å². The summed E-state index contributed by atoms with van der Waals surface area (Å²) in [4.78, 5) is 23.6. The number of hydrogen-bond donors (Lipinski definition) is 3. The summed E-state index contributed by atoms with van der Waals surface area (Å²) in [6.45, 7) is 0.304. The molecule has 3 N–H and O–H groups in total. The molecule has 0 saturated heterocycles. The Hall–Kier alpha value is -2.94. The molecular weight excluding hydrogens is 316 g/mol. The zero-order valence-corrected chi connectivity index (χ0v) is 12.7. The summed E-state index contributed by atoms with van der Waals surface area (Å²) in [5.74, 6) is 0.183. The predicted molar refractivity (Wildman–Crippen MR) is 86.7 cm³/mol. The van der Waals surface area contributed by atoms with Gasteiger partial charge in [0.15, 0.2) is 0 Å². The van der Waals surface area contributed by atoms with Gasteiger partial charge in [-0.05, 0) is 18.2 Å². The van der Waals surface area contributed by atoms with E-state index in [4.69, 9.17) is 5.11 Å². The number of nitrogens with one attached hydrogen (secondary N) is 2. The Bertz CT molecular complexity index is 988. The lowest BCUT2D eigenvalue weighted by Crippen LogP contribution is -2.08. The molecule has 3 aromatic heterocycles. The number of imidazole rings is 1. The third-order valence-corrected chi connectivity index (χ3v) is 4.20. The average molecular weight is 328 g/mol. The number of nitrogens with zero attached hydrogens (tertiary/aromatic N) is 4. The van der Waals surface area contributed by atoms with Gasteiger partial charge in [-0.1, -0.05) is 0 Å². The summed E-state index contributed by atoms with van der Waals surface area (Å²) in [5.41, 5.74) is 2.75. The topological polar surface area (TPSA) is 108 Å². The van der Waals surface area contributed by atoms with Gasteiger partial charge in [-0.25, -0.2) is 14.5 Å². The SMILES string of the molecule is O=C(O)CCNc1nc2nc3cc(-c4nccs4)ccc3n2[nH]1. The van der Waals surface area contributed by atoms with E-state index in [1.54, 1.807) is 22.0 Å². The van der Waals surface area contributed by atoms with E-state index in [-0.39, 0.29) is 6.42 Å². The van der Waals surface area contributed by atoms with Crippen molar-refractivity contribution in [2.75, 3.05) is 11.9 Å². The largest absolute Gasteiger partial charge is 0.481 e. The van der Waals surface area contributed by atoms with Gasteiger partial charge in [0.2, 0.25) is 5.95 Å². The molecular formula is C14H12N6O2S. The number of thiazole rings is 1. The van der Waals surface area contributed by atoms with E-state index in [9.17, 15) is 4.79 Å². The number of carboxylic acids is 1. The summed E-state index contributed by atoms with van der Waals surface area (Å²) in [5, 5.41) is 17.5. The van der Waals surface area contributed by atoms with Crippen LogP contribution in [0.25, 0.3) is 27.4 Å². The first-order valence-corrected chi connectivity index (χ1v) is 7.82. The molecule has 4 rings (SSSR count). The van der Waals surface area contributed by atoms with Crippen molar-refractivity contribution < 1.29 is 9.90 Å². The van der Waals surface area contributed by atoms with Crippen molar-refractivity contribution in [3.63, 3.8) is 0 Å². The first-order chi connectivity index (χ1) is 11.2. The fourth-order valence-electron chi connectivity index (χ4n) is 2.35. The monoisotopic (exact) mass is 328 g/mol. The van der Waals surface area contributed by atoms with Crippen LogP contribution in [0, 0.1) is 0 Å². The van der Waals surface area contributed by atoms with Crippen LogP contribution in [0.4, 0.5) is 5.95 Å². The molecule has 0 atom stereocenters. The molecule has 0 aliphatic rings. The Morgan fingerprint density at radius 1 is 1.39 bits per heavy atom. The van der Waals surface area contributed by atoms with Crippen LogP contribution in [0.15, 0.2) is 29.8 Å². The van der Waals surface area contributed by atoms with Crippen molar-refractivity contribution in [3.05, 3.63) is 29.8 Å². The maximum Gasteiger partial charge on any atom is 0.305 e. The number of H-pyrrole nitrogens is 1. The van der Waals surface area contributed by atoms with Gasteiger partial charge in [-0.15, -0.1) is 11.3 Å². The standard InChI is InChI=1S/C14H12N6O2S/c21-11(22)3-4-16-13-18-14-17-9-7-8(12-15-5-6-23-12)1-2-10(9)20(14)19-13/h1-2,5-7H,3-4H2,(H,21,22)(H2,16,17,18,19). The van der Waals surface area contributed by atoms with Crippen molar-refractivity contribution in [2.24, 2.45) is 0 Å². The molecule has 0 spiro atoms. The van der Waals surface area contributed by atoms with E-state index in [1.165, 1.54) is 0 Å². The molecule has 23 heavy (non-hydrogen) atoms. The predicted octanol–water partition coefficient (Wildman–Crippen LogP) is 2.22. The second-order valence-electron chi connectivity index (χ2n) is 4.93. The minimum absolute atomic E-state index is 0.0287. The number of anilines is 1. The molecule has 0 unspecified atom stereocenters. The average Bonchev–Trinajstić information content (AvgIpc) is 3.21. The Kier molecular flexibility index (Phi) is 3.19. The normalized spacial score (nSPS) is 11.3. The summed E-state index contributed by atoms with van der Waals surface area (Å²) in [6, 6.07) is 5.94. The summed E-state index contributed by atoms with van der Waals surface area (Å²) >= 11 is 1.58. The molecule has 0 aliphatic carbocycles. The van der Waals surface area contributed by atoms with Crippen LogP contribution in [0.1, 0.15) is 6.42 Å². The van der Waals surface area contributed by atoms with Gasteiger partial charge >= 0.3 is 5.97 Å². The van der Waals surface area contributed by atoms with Gasteiger partial charge in [-0.3, -0.25) is 9.89 Å². The van der Waals surface area contributed by atoms with E-state index in [0.29, 0.717) is 18.3 Å². The second kappa shape index (κ2) is 5.36. The van der Waals surface area contributed by atoms with E-state index in [0.717, 1.165) is 21.6 Å². The van der Waals surface area contributed by atoms with E-state index in [2.05, 4.69) is 25.4 Å². The summed E-state index contributed by atoms with van der Waals surface area (Å²) in [7, 11) is 0. The highest BCUT2D eigenvalue weighted by atomic mass is 32.1. The lowest BCUT2D eigenvalue weighted by Gasteiger charge is -1.99. The van der Waals surface area contributed by atoms with Crippen LogP contribution < -0.4 is 5.32 Å². The van der Waals surface area contributed by atoms with Gasteiger partial charge in [0.05, 0.1) is 17.5 Å². The highest BCUT2D eigenvalue weighted by molar-refractivity contribution is 7.13. The van der Waals surface area contributed by atoms with Crippen molar-refractivity contribution in [1.29, 1.82) is 0 Å². The molecule has 0 fully saturated rings. The molecule has 0 bridgehead atoms. The summed E-state index contributed by atoms with van der Waals surface area (Å²) in [6.07, 6.45) is 1.80. The van der Waals surface area contributed by atoms with Gasteiger partial charge < -0.3 is 10.4 Å². The molecule has 3 heterocycles. The van der Waals surface area contributed by atoms with Crippen molar-refractivity contribution >= 4 is 40.1 Å². The first-order valence-electron chi connectivity index (χ1n) is 6.94. The lowest BCUT2D eigenvalue weighted by atomic mass is 10.2. The number of benzene rings is 1. The smallest absolute Gasteiger partial charge is 0.305 e. The molecule has 1 aromatic carbocycles. The highest BCUT2D eigenvalue weighted by Crippen LogP contribution is 2.26. The fraction of sp³-hybridized carbons (Fsp3) is 0.143. The second-order valence-corrected chi connectivity index (χ2v) is 5.83.